The van der Waals surface area contributed by atoms with Gasteiger partial charge in [-0.15, -0.1) is 0 Å². The highest BCUT2D eigenvalue weighted by Crippen LogP contribution is 2.30. The maximum Gasteiger partial charge on any atom is 0.131 e. The molecule has 15 heavy (non-hydrogen) atoms. The van der Waals surface area contributed by atoms with E-state index in [9.17, 15) is 0 Å². The molecule has 1 aliphatic carbocycles. The third-order valence-electron chi connectivity index (χ3n) is 3.37. The van der Waals surface area contributed by atoms with Crippen molar-refractivity contribution in [1.29, 1.82) is 0 Å². The van der Waals surface area contributed by atoms with Gasteiger partial charge < -0.3 is 0 Å². The molecule has 1 heterocycles. The summed E-state index contributed by atoms with van der Waals surface area (Å²) in [4.78, 5) is 9.11. The van der Waals surface area contributed by atoms with Crippen molar-refractivity contribution < 1.29 is 0 Å². The highest BCUT2D eigenvalue weighted by Gasteiger charge is 2.25. The van der Waals surface area contributed by atoms with Crippen LogP contribution in [-0.4, -0.2) is 9.97 Å². The Balaban J connectivity index is 2.24. The van der Waals surface area contributed by atoms with Gasteiger partial charge in [-0.05, 0) is 30.2 Å². The lowest BCUT2D eigenvalue weighted by Gasteiger charge is -2.11. The van der Waals surface area contributed by atoms with Crippen molar-refractivity contribution >= 4 is 0 Å². The normalized spacial score (nSPS) is 20.0. The molecule has 0 radical (unpaired) electrons. The van der Waals surface area contributed by atoms with Gasteiger partial charge in [-0.1, -0.05) is 27.7 Å². The molecule has 0 saturated carbocycles. The fraction of sp³-hybridized carbons (Fsp3) is 0.692. The van der Waals surface area contributed by atoms with Crippen molar-refractivity contribution in [3.63, 3.8) is 0 Å². The van der Waals surface area contributed by atoms with Crippen molar-refractivity contribution in [2.45, 2.75) is 46.5 Å². The average Bonchev–Trinajstić information content (AvgIpc) is 2.59. The van der Waals surface area contributed by atoms with Gasteiger partial charge in [-0.2, -0.15) is 0 Å². The lowest BCUT2D eigenvalue weighted by Crippen LogP contribution is -2.07. The first-order chi connectivity index (χ1) is 7.08. The van der Waals surface area contributed by atoms with E-state index in [1.54, 1.807) is 0 Å². The van der Waals surface area contributed by atoms with Crippen LogP contribution in [0.5, 0.6) is 0 Å². The van der Waals surface area contributed by atoms with Crippen LogP contribution in [-0.2, 0) is 12.8 Å². The molecule has 1 aromatic rings. The quantitative estimate of drug-likeness (QED) is 0.740. The van der Waals surface area contributed by atoms with E-state index in [1.807, 2.05) is 6.20 Å². The Morgan fingerprint density at radius 3 is 2.53 bits per heavy atom. The first kappa shape index (κ1) is 10.6. The van der Waals surface area contributed by atoms with Gasteiger partial charge in [-0.25, -0.2) is 9.97 Å². The van der Waals surface area contributed by atoms with Gasteiger partial charge in [0.25, 0.3) is 0 Å². The largest absolute Gasteiger partial charge is 0.241 e. The SMILES string of the molecule is CC(C)c1ncc2c(n1)CC(C(C)C)C2. The highest BCUT2D eigenvalue weighted by molar-refractivity contribution is 5.24. The number of hydrogen-bond donors (Lipinski definition) is 0. The van der Waals surface area contributed by atoms with Crippen LogP contribution in [0.15, 0.2) is 6.20 Å². The molecule has 1 aliphatic rings. The summed E-state index contributed by atoms with van der Waals surface area (Å²) < 4.78 is 0. The first-order valence-electron chi connectivity index (χ1n) is 5.92. The predicted molar refractivity (Wildman–Crippen MR) is 61.9 cm³/mol. The molecule has 1 unspecified atom stereocenters. The van der Waals surface area contributed by atoms with Crippen molar-refractivity contribution in [3.05, 3.63) is 23.3 Å². The van der Waals surface area contributed by atoms with Gasteiger partial charge in [0.2, 0.25) is 0 Å². The Morgan fingerprint density at radius 2 is 1.93 bits per heavy atom. The van der Waals surface area contributed by atoms with E-state index in [4.69, 9.17) is 0 Å². The molecule has 0 amide bonds. The molecular formula is C13H20N2. The average molecular weight is 204 g/mol. The number of nitrogens with zero attached hydrogens (tertiary/aromatic N) is 2. The van der Waals surface area contributed by atoms with Crippen LogP contribution in [0.4, 0.5) is 0 Å². The zero-order valence-corrected chi connectivity index (χ0v) is 10.1. The van der Waals surface area contributed by atoms with Crippen LogP contribution in [0.3, 0.4) is 0 Å². The lowest BCUT2D eigenvalue weighted by atomic mass is 9.93. The summed E-state index contributed by atoms with van der Waals surface area (Å²) in [6, 6.07) is 0. The minimum absolute atomic E-state index is 0.438. The minimum atomic E-state index is 0.438. The van der Waals surface area contributed by atoms with E-state index >= 15 is 0 Å². The summed E-state index contributed by atoms with van der Waals surface area (Å²) in [6.45, 7) is 8.90. The second-order valence-electron chi connectivity index (χ2n) is 5.27. The van der Waals surface area contributed by atoms with Crippen LogP contribution in [0.25, 0.3) is 0 Å². The van der Waals surface area contributed by atoms with Gasteiger partial charge in [0.1, 0.15) is 5.82 Å². The van der Waals surface area contributed by atoms with Crippen molar-refractivity contribution in [1.82, 2.24) is 9.97 Å². The predicted octanol–water partition coefficient (Wildman–Crippen LogP) is 2.97. The monoisotopic (exact) mass is 204 g/mol. The summed E-state index contributed by atoms with van der Waals surface area (Å²) in [7, 11) is 0. The molecule has 1 aromatic heterocycles. The maximum atomic E-state index is 4.67. The zero-order chi connectivity index (χ0) is 11.0. The summed E-state index contributed by atoms with van der Waals surface area (Å²) in [5.74, 6) is 2.96. The first-order valence-corrected chi connectivity index (χ1v) is 5.92. The van der Waals surface area contributed by atoms with Gasteiger partial charge in [0.05, 0.1) is 0 Å². The Kier molecular flexibility index (Phi) is 2.76. The number of aromatic nitrogens is 2. The molecule has 0 saturated heterocycles. The van der Waals surface area contributed by atoms with Crippen LogP contribution < -0.4 is 0 Å². The molecule has 2 rings (SSSR count). The Bertz CT molecular complexity index is 356. The van der Waals surface area contributed by atoms with Crippen molar-refractivity contribution in [2.24, 2.45) is 11.8 Å². The van der Waals surface area contributed by atoms with E-state index in [0.717, 1.165) is 24.1 Å². The maximum absolute atomic E-state index is 4.67. The van der Waals surface area contributed by atoms with Crippen molar-refractivity contribution in [2.75, 3.05) is 0 Å². The second-order valence-corrected chi connectivity index (χ2v) is 5.27. The molecule has 0 fully saturated rings. The Labute approximate surface area is 92.1 Å². The van der Waals surface area contributed by atoms with E-state index in [0.29, 0.717) is 5.92 Å². The number of rotatable bonds is 2. The number of fused-ring (bicyclic) bond motifs is 1. The fourth-order valence-electron chi connectivity index (χ4n) is 2.16. The molecule has 0 bridgehead atoms. The van der Waals surface area contributed by atoms with Crippen LogP contribution in [0.1, 0.15) is 50.7 Å². The van der Waals surface area contributed by atoms with E-state index < -0.39 is 0 Å². The zero-order valence-electron chi connectivity index (χ0n) is 10.1. The molecule has 0 N–H and O–H groups in total. The molecule has 0 aromatic carbocycles. The highest BCUT2D eigenvalue weighted by atomic mass is 14.9. The summed E-state index contributed by atoms with van der Waals surface area (Å²) in [5, 5.41) is 0. The Morgan fingerprint density at radius 1 is 1.20 bits per heavy atom. The molecule has 1 atom stereocenters. The lowest BCUT2D eigenvalue weighted by molar-refractivity contribution is 0.402. The van der Waals surface area contributed by atoms with Crippen LogP contribution >= 0.6 is 0 Å². The van der Waals surface area contributed by atoms with E-state index in [-0.39, 0.29) is 0 Å². The Hall–Kier alpha value is -0.920. The molecule has 82 valence electrons. The van der Waals surface area contributed by atoms with Crippen LogP contribution in [0.2, 0.25) is 0 Å². The number of hydrogen-bond acceptors (Lipinski definition) is 2. The summed E-state index contributed by atoms with van der Waals surface area (Å²) in [6.07, 6.45) is 4.36. The summed E-state index contributed by atoms with van der Waals surface area (Å²) >= 11 is 0. The molecular weight excluding hydrogens is 184 g/mol. The molecule has 2 heteroatoms. The minimum Gasteiger partial charge on any atom is -0.241 e. The smallest absolute Gasteiger partial charge is 0.131 e. The van der Waals surface area contributed by atoms with Gasteiger partial charge >= 0.3 is 0 Å². The third-order valence-corrected chi connectivity index (χ3v) is 3.37. The van der Waals surface area contributed by atoms with Gasteiger partial charge in [0, 0.05) is 17.8 Å². The molecule has 2 nitrogen and oxygen atoms in total. The fourth-order valence-corrected chi connectivity index (χ4v) is 2.16. The molecule has 0 spiro atoms. The van der Waals surface area contributed by atoms with Gasteiger partial charge in [0.15, 0.2) is 0 Å². The van der Waals surface area contributed by atoms with Crippen LogP contribution in [0, 0.1) is 11.8 Å². The van der Waals surface area contributed by atoms with Gasteiger partial charge in [-0.3, -0.25) is 0 Å². The van der Waals surface area contributed by atoms with E-state index in [2.05, 4.69) is 37.7 Å². The van der Waals surface area contributed by atoms with Crippen molar-refractivity contribution in [3.8, 4) is 0 Å². The molecule has 0 aliphatic heterocycles. The summed E-state index contributed by atoms with van der Waals surface area (Å²) in [5.41, 5.74) is 2.67. The van der Waals surface area contributed by atoms with E-state index in [1.165, 1.54) is 17.7 Å². The topological polar surface area (TPSA) is 25.8 Å². The standard InChI is InChI=1S/C13H20N2/c1-8(2)10-5-11-7-14-13(9(3)4)15-12(11)6-10/h7-10H,5-6H2,1-4H3. The third kappa shape index (κ3) is 2.04. The second kappa shape index (κ2) is 3.92.